The Morgan fingerprint density at radius 3 is 0.762 bits per heavy atom. The number of nitro benzene ring substituents is 4. The molecule has 0 saturated carbocycles. The van der Waals surface area contributed by atoms with Crippen molar-refractivity contribution in [1.82, 2.24) is 0 Å². The van der Waals surface area contributed by atoms with Crippen molar-refractivity contribution >= 4 is 67.2 Å². The quantitative estimate of drug-likeness (QED) is 0.0791. The van der Waals surface area contributed by atoms with Crippen molar-refractivity contribution in [2.45, 2.75) is 0 Å². The van der Waals surface area contributed by atoms with Gasteiger partial charge in [-0.15, -0.1) is 0 Å². The zero-order valence-electron chi connectivity index (χ0n) is 21.0. The number of allylic oxidation sites excluding steroid dienone is 2. The fourth-order valence-electron chi connectivity index (χ4n) is 4.01. The molecule has 12 nitrogen and oxygen atoms in total. The summed E-state index contributed by atoms with van der Waals surface area (Å²) in [7, 11) is 0. The van der Waals surface area contributed by atoms with Crippen LogP contribution in [-0.2, 0) is 0 Å². The van der Waals surface area contributed by atoms with Crippen LogP contribution in [0.25, 0.3) is 21.2 Å². The minimum atomic E-state index is -0.581. The van der Waals surface area contributed by atoms with E-state index in [1.807, 2.05) is 0 Å². The summed E-state index contributed by atoms with van der Waals surface area (Å²) < 4.78 is 0. The summed E-state index contributed by atoms with van der Waals surface area (Å²) in [6, 6.07) is 21.4. The average Bonchev–Trinajstić information content (AvgIpc) is 2.99. The Morgan fingerprint density at radius 1 is 0.381 bits per heavy atom. The van der Waals surface area contributed by atoms with E-state index in [1.54, 1.807) is 0 Å². The number of hydrogen-bond acceptors (Lipinski definition) is 8. The summed E-state index contributed by atoms with van der Waals surface area (Å²) in [5.74, 6) is 0. The van der Waals surface area contributed by atoms with Crippen LogP contribution in [0.15, 0.2) is 97.1 Å². The fraction of sp³-hybridized carbons (Fsp3) is 0. The van der Waals surface area contributed by atoms with E-state index in [2.05, 4.69) is 0 Å². The van der Waals surface area contributed by atoms with Gasteiger partial charge < -0.3 is 0 Å². The largest absolute Gasteiger partial charge is 0.269 e. The highest BCUT2D eigenvalue weighted by molar-refractivity contribution is 6.60. The van der Waals surface area contributed by atoms with Crippen LogP contribution >= 0.6 is 23.2 Å². The molecule has 0 bridgehead atoms. The Hall–Kier alpha value is -5.46. The predicted octanol–water partition coefficient (Wildman–Crippen LogP) is 8.23. The molecule has 0 unspecified atom stereocenters. The van der Waals surface area contributed by atoms with Crippen LogP contribution in [0, 0.1) is 40.5 Å². The first-order valence-corrected chi connectivity index (χ1v) is 12.5. The zero-order chi connectivity index (χ0) is 30.6. The first-order chi connectivity index (χ1) is 20.0. The van der Waals surface area contributed by atoms with Gasteiger partial charge in [-0.05, 0) is 70.8 Å². The lowest BCUT2D eigenvalue weighted by atomic mass is 9.88. The Balaban J connectivity index is 2.07. The van der Waals surface area contributed by atoms with Crippen LogP contribution in [0.4, 0.5) is 22.7 Å². The third-order valence-electron chi connectivity index (χ3n) is 6.09. The van der Waals surface area contributed by atoms with E-state index in [0.29, 0.717) is 22.3 Å². The van der Waals surface area contributed by atoms with Gasteiger partial charge in [0.1, 0.15) is 0 Å². The first kappa shape index (κ1) is 29.5. The summed E-state index contributed by atoms with van der Waals surface area (Å²) in [6.07, 6.45) is 0. The maximum absolute atomic E-state index is 11.3. The van der Waals surface area contributed by atoms with Gasteiger partial charge in [0, 0.05) is 59.7 Å². The number of halogens is 2. The number of non-ortho nitro benzene ring substituents is 4. The van der Waals surface area contributed by atoms with Gasteiger partial charge in [0.2, 0.25) is 0 Å². The van der Waals surface area contributed by atoms with Gasteiger partial charge in [-0.2, -0.15) is 0 Å². The molecule has 0 N–H and O–H groups in total. The molecular formula is C28H16Cl2N4O8. The average molecular weight is 607 g/mol. The third-order valence-corrected chi connectivity index (χ3v) is 6.90. The summed E-state index contributed by atoms with van der Waals surface area (Å²) in [5, 5.41) is 45.1. The van der Waals surface area contributed by atoms with Gasteiger partial charge in [0.25, 0.3) is 22.7 Å². The normalized spacial score (nSPS) is 12.1. The van der Waals surface area contributed by atoms with Gasteiger partial charge in [-0.1, -0.05) is 23.2 Å². The molecule has 0 aliphatic heterocycles. The first-order valence-electron chi connectivity index (χ1n) is 11.8. The second kappa shape index (κ2) is 12.4. The Kier molecular flexibility index (Phi) is 8.70. The van der Waals surface area contributed by atoms with E-state index < -0.39 is 19.7 Å². The lowest BCUT2D eigenvalue weighted by molar-refractivity contribution is -0.385. The van der Waals surface area contributed by atoms with Crippen LogP contribution in [0.1, 0.15) is 22.3 Å². The van der Waals surface area contributed by atoms with Crippen LogP contribution in [0.2, 0.25) is 0 Å². The van der Waals surface area contributed by atoms with Crippen molar-refractivity contribution in [3.63, 3.8) is 0 Å². The van der Waals surface area contributed by atoms with Gasteiger partial charge >= 0.3 is 0 Å². The van der Waals surface area contributed by atoms with Crippen LogP contribution in [-0.4, -0.2) is 19.7 Å². The van der Waals surface area contributed by atoms with Gasteiger partial charge in [0.15, 0.2) is 0 Å². The molecule has 4 aromatic rings. The van der Waals surface area contributed by atoms with E-state index in [1.165, 1.54) is 97.1 Å². The van der Waals surface area contributed by atoms with Crippen molar-refractivity contribution in [3.8, 4) is 0 Å². The fourth-order valence-corrected chi connectivity index (χ4v) is 4.67. The number of hydrogen-bond donors (Lipinski definition) is 0. The molecule has 4 aromatic carbocycles. The standard InChI is InChI=1S/C28H16Cl2N4O8/c29-27(19-5-13-23(14-6-19)33(39)40)25(17-1-9-21(10-2-17)31(35)36)26(18-3-11-22(12-4-18)32(37)38)28(30)20-7-15-24(16-8-20)34(41)42/h1-16H/b27-25+,28-26?. The monoisotopic (exact) mass is 606 g/mol. The summed E-state index contributed by atoms with van der Waals surface area (Å²) in [5.41, 5.74) is 1.08. The summed E-state index contributed by atoms with van der Waals surface area (Å²) >= 11 is 13.9. The lowest BCUT2D eigenvalue weighted by Crippen LogP contribution is -1.98. The third kappa shape index (κ3) is 6.30. The summed E-state index contributed by atoms with van der Waals surface area (Å²) in [4.78, 5) is 42.7. The second-order valence-electron chi connectivity index (χ2n) is 8.59. The van der Waals surface area contributed by atoms with Gasteiger partial charge in [-0.3, -0.25) is 40.5 Å². The molecule has 0 amide bonds. The minimum Gasteiger partial charge on any atom is -0.258 e. The van der Waals surface area contributed by atoms with Crippen LogP contribution in [0.5, 0.6) is 0 Å². The molecule has 14 heteroatoms. The maximum Gasteiger partial charge on any atom is 0.269 e. The van der Waals surface area contributed by atoms with Crippen molar-refractivity contribution < 1.29 is 19.7 Å². The smallest absolute Gasteiger partial charge is 0.258 e. The number of nitro groups is 4. The van der Waals surface area contributed by atoms with E-state index in [0.717, 1.165) is 0 Å². The molecule has 0 spiro atoms. The van der Waals surface area contributed by atoms with Crippen LogP contribution in [0.3, 0.4) is 0 Å². The maximum atomic E-state index is 11.3. The van der Waals surface area contributed by atoms with Crippen LogP contribution < -0.4 is 0 Å². The molecule has 0 fully saturated rings. The minimum absolute atomic E-state index is 0.0483. The van der Waals surface area contributed by atoms with E-state index >= 15 is 0 Å². The second-order valence-corrected chi connectivity index (χ2v) is 9.35. The molecule has 0 saturated heterocycles. The lowest BCUT2D eigenvalue weighted by Gasteiger charge is -2.19. The Labute approximate surface area is 246 Å². The number of nitrogens with zero attached hydrogens (tertiary/aromatic N) is 4. The van der Waals surface area contributed by atoms with E-state index in [9.17, 15) is 40.5 Å². The van der Waals surface area contributed by atoms with E-state index in [4.69, 9.17) is 23.2 Å². The van der Waals surface area contributed by atoms with Gasteiger partial charge in [-0.25, -0.2) is 0 Å². The summed E-state index contributed by atoms with van der Waals surface area (Å²) in [6.45, 7) is 0. The topological polar surface area (TPSA) is 173 Å². The molecule has 0 atom stereocenters. The Morgan fingerprint density at radius 2 is 0.571 bits per heavy atom. The SMILES string of the molecule is O=[N+]([O-])c1ccc(C(Cl)=C(/C(=C(/Cl)c2ccc([N+](=O)[O-])cc2)c2ccc([N+](=O)[O-])cc2)c2ccc([N+](=O)[O-])cc2)cc1. The Bertz CT molecular complexity index is 1640. The molecular weight excluding hydrogens is 591 g/mol. The highest BCUT2D eigenvalue weighted by Gasteiger charge is 2.23. The highest BCUT2D eigenvalue weighted by atomic mass is 35.5. The molecule has 42 heavy (non-hydrogen) atoms. The van der Waals surface area contributed by atoms with E-state index in [-0.39, 0.29) is 44.0 Å². The molecule has 0 radical (unpaired) electrons. The highest BCUT2D eigenvalue weighted by Crippen LogP contribution is 2.45. The molecule has 4 rings (SSSR count). The molecule has 0 heterocycles. The van der Waals surface area contributed by atoms with Crippen molar-refractivity contribution in [2.24, 2.45) is 0 Å². The molecule has 0 aliphatic rings. The molecule has 0 aromatic heterocycles. The molecule has 0 aliphatic carbocycles. The van der Waals surface area contributed by atoms with Crippen molar-refractivity contribution in [3.05, 3.63) is 160 Å². The molecule has 210 valence electrons. The predicted molar refractivity (Wildman–Crippen MR) is 158 cm³/mol. The number of rotatable bonds is 9. The van der Waals surface area contributed by atoms with Crippen molar-refractivity contribution in [1.29, 1.82) is 0 Å². The zero-order valence-corrected chi connectivity index (χ0v) is 22.6. The number of benzene rings is 4. The van der Waals surface area contributed by atoms with Crippen molar-refractivity contribution in [2.75, 3.05) is 0 Å². The van der Waals surface area contributed by atoms with Gasteiger partial charge in [0.05, 0.1) is 29.8 Å².